The van der Waals surface area contributed by atoms with Crippen molar-refractivity contribution < 1.29 is 17.9 Å². The number of fused-ring (bicyclic) bond motifs is 1. The Balaban J connectivity index is 1.94. The minimum absolute atomic E-state index is 0.235. The number of imidazole rings is 1. The Labute approximate surface area is 190 Å². The van der Waals surface area contributed by atoms with Crippen LogP contribution in [0, 0.1) is 0 Å². The fraction of sp³-hybridized carbons (Fsp3) is 0.261. The van der Waals surface area contributed by atoms with E-state index in [-0.39, 0.29) is 11.4 Å². The fourth-order valence-electron chi connectivity index (χ4n) is 3.87. The third kappa shape index (κ3) is 4.31. The number of aromatic amines is 1. The van der Waals surface area contributed by atoms with E-state index in [1.54, 1.807) is 36.6 Å². The van der Waals surface area contributed by atoms with E-state index in [1.807, 2.05) is 42.6 Å². The predicted octanol–water partition coefficient (Wildman–Crippen LogP) is 4.10. The topological polar surface area (TPSA) is 90.4 Å². The van der Waals surface area contributed by atoms with Gasteiger partial charge in [0.1, 0.15) is 9.84 Å². The largest absolute Gasteiger partial charge is 0.493 e. The van der Waals surface area contributed by atoms with Crippen molar-refractivity contribution in [3.63, 3.8) is 0 Å². The van der Waals surface area contributed by atoms with E-state index < -0.39 is 15.9 Å². The molecule has 9 heteroatoms. The zero-order valence-electron chi connectivity index (χ0n) is 18.0. The third-order valence-electron chi connectivity index (χ3n) is 5.18. The van der Waals surface area contributed by atoms with Crippen LogP contribution in [-0.2, 0) is 9.84 Å². The summed E-state index contributed by atoms with van der Waals surface area (Å²) < 4.78 is 37.3. The highest BCUT2D eigenvalue weighted by Crippen LogP contribution is 2.35. The van der Waals surface area contributed by atoms with Crippen molar-refractivity contribution >= 4 is 32.2 Å². The predicted molar refractivity (Wildman–Crippen MR) is 128 cm³/mol. The van der Waals surface area contributed by atoms with E-state index >= 15 is 0 Å². The maximum Gasteiger partial charge on any atom is 0.327 e. The lowest BCUT2D eigenvalue weighted by Crippen LogP contribution is -2.28. The van der Waals surface area contributed by atoms with E-state index in [2.05, 4.69) is 4.98 Å². The first kappa shape index (κ1) is 22.2. The lowest BCUT2D eigenvalue weighted by molar-refractivity contribution is 0.310. The molecule has 2 heterocycles. The minimum atomic E-state index is -3.42. The number of nitrogens with zero attached hydrogens (tertiary/aromatic N) is 1. The first-order valence-electron chi connectivity index (χ1n) is 10.1. The van der Waals surface area contributed by atoms with Gasteiger partial charge < -0.3 is 14.5 Å². The van der Waals surface area contributed by atoms with Crippen LogP contribution in [0.5, 0.6) is 11.5 Å². The molecular formula is C23H24N2O5S2. The normalized spacial score (nSPS) is 12.7. The number of hydrogen-bond donors (Lipinski definition) is 1. The number of aromatic nitrogens is 2. The number of ether oxygens (including phenoxy) is 2. The molecule has 0 unspecified atom stereocenters. The molecule has 0 aliphatic carbocycles. The summed E-state index contributed by atoms with van der Waals surface area (Å²) in [6.07, 6.45) is 1.17. The number of rotatable bonds is 8. The monoisotopic (exact) mass is 472 g/mol. The average molecular weight is 473 g/mol. The Morgan fingerprint density at radius 1 is 1.12 bits per heavy atom. The second-order valence-electron chi connectivity index (χ2n) is 7.43. The molecule has 168 valence electrons. The summed E-state index contributed by atoms with van der Waals surface area (Å²) in [5, 5.41) is 1.97. The molecule has 0 aliphatic heterocycles. The summed E-state index contributed by atoms with van der Waals surface area (Å²) >= 11 is 1.57. The van der Waals surface area contributed by atoms with Gasteiger partial charge in [0.2, 0.25) is 0 Å². The molecule has 0 spiro atoms. The number of nitrogens with one attached hydrogen (secondary N) is 1. The van der Waals surface area contributed by atoms with Crippen molar-refractivity contribution in [2.45, 2.75) is 13.0 Å². The number of sulfone groups is 1. The van der Waals surface area contributed by atoms with Gasteiger partial charge in [-0.05, 0) is 42.1 Å². The molecule has 0 aliphatic rings. The molecule has 0 amide bonds. The van der Waals surface area contributed by atoms with Crippen molar-refractivity contribution in [3.05, 3.63) is 70.0 Å². The van der Waals surface area contributed by atoms with Crippen LogP contribution in [0.3, 0.4) is 0 Å². The number of H-pyrrole nitrogens is 1. The summed E-state index contributed by atoms with van der Waals surface area (Å²) in [5.74, 6) is 0.805. The zero-order valence-corrected chi connectivity index (χ0v) is 19.6. The highest BCUT2D eigenvalue weighted by molar-refractivity contribution is 7.90. The molecule has 32 heavy (non-hydrogen) atoms. The van der Waals surface area contributed by atoms with Crippen LogP contribution < -0.4 is 15.2 Å². The summed E-state index contributed by atoms with van der Waals surface area (Å²) in [6.45, 7) is 2.28. The van der Waals surface area contributed by atoms with Crippen molar-refractivity contribution in [2.75, 3.05) is 25.7 Å². The molecule has 2 aromatic carbocycles. The number of thiophene rings is 1. The summed E-state index contributed by atoms with van der Waals surface area (Å²) in [4.78, 5) is 17.1. The van der Waals surface area contributed by atoms with Gasteiger partial charge in [-0.3, -0.25) is 4.57 Å². The maximum absolute atomic E-state index is 13.2. The maximum atomic E-state index is 13.2. The lowest BCUT2D eigenvalue weighted by Gasteiger charge is -2.20. The quantitative estimate of drug-likeness (QED) is 0.417. The molecule has 0 bridgehead atoms. The van der Waals surface area contributed by atoms with Crippen LogP contribution in [0.25, 0.3) is 21.5 Å². The average Bonchev–Trinajstić information content (AvgIpc) is 3.39. The number of para-hydroxylation sites is 1. The highest BCUT2D eigenvalue weighted by atomic mass is 32.2. The summed E-state index contributed by atoms with van der Waals surface area (Å²) in [7, 11) is -1.88. The molecule has 2 aromatic heterocycles. The second kappa shape index (κ2) is 8.84. The van der Waals surface area contributed by atoms with Gasteiger partial charge in [-0.1, -0.05) is 24.3 Å². The number of hydrogen-bond acceptors (Lipinski definition) is 6. The summed E-state index contributed by atoms with van der Waals surface area (Å²) in [6, 6.07) is 14.1. The highest BCUT2D eigenvalue weighted by Gasteiger charge is 2.25. The van der Waals surface area contributed by atoms with Gasteiger partial charge in [0, 0.05) is 16.7 Å². The van der Waals surface area contributed by atoms with Crippen LogP contribution in [0.1, 0.15) is 18.5 Å². The van der Waals surface area contributed by atoms with Gasteiger partial charge in [-0.25, -0.2) is 13.2 Å². The molecule has 4 aromatic rings. The van der Waals surface area contributed by atoms with Gasteiger partial charge in [-0.2, -0.15) is 0 Å². The summed E-state index contributed by atoms with van der Waals surface area (Å²) in [5.41, 5.74) is 2.49. The molecule has 0 saturated carbocycles. The van der Waals surface area contributed by atoms with E-state index in [1.165, 1.54) is 10.8 Å². The molecule has 0 saturated heterocycles. The van der Waals surface area contributed by atoms with Crippen LogP contribution in [-0.4, -0.2) is 43.7 Å². The van der Waals surface area contributed by atoms with Gasteiger partial charge >= 0.3 is 5.69 Å². The van der Waals surface area contributed by atoms with Crippen molar-refractivity contribution in [2.24, 2.45) is 0 Å². The van der Waals surface area contributed by atoms with E-state index in [0.717, 1.165) is 10.4 Å². The lowest BCUT2D eigenvalue weighted by atomic mass is 10.1. The Morgan fingerprint density at radius 2 is 1.94 bits per heavy atom. The standard InChI is InChI=1S/C23H24N2O5S2/c1-4-30-20-13-15(10-11-19(20)29-2)18(14-32(3,27)28)25-17-8-5-7-16(21-9-6-12-31-21)22(17)24-23(25)26/h5-13,18H,4,14H2,1-3H3,(H,24,26)/t18-/m1/s1. The molecule has 1 atom stereocenters. The molecule has 0 radical (unpaired) electrons. The molecule has 0 fully saturated rings. The van der Waals surface area contributed by atoms with E-state index in [4.69, 9.17) is 9.47 Å². The van der Waals surface area contributed by atoms with Crippen LogP contribution >= 0.6 is 11.3 Å². The van der Waals surface area contributed by atoms with E-state index in [0.29, 0.717) is 34.7 Å². The van der Waals surface area contributed by atoms with Crippen LogP contribution in [0.15, 0.2) is 58.7 Å². The molecule has 7 nitrogen and oxygen atoms in total. The molecular weight excluding hydrogens is 448 g/mol. The second-order valence-corrected chi connectivity index (χ2v) is 10.6. The number of benzene rings is 2. The third-order valence-corrected chi connectivity index (χ3v) is 7.01. The SMILES string of the molecule is CCOc1cc([C@@H](CS(C)(=O)=O)n2c(=O)[nH]c3c(-c4cccs4)cccc32)ccc1OC. The molecule has 4 rings (SSSR count). The Bertz CT molecular complexity index is 1400. The minimum Gasteiger partial charge on any atom is -0.493 e. The first-order valence-corrected chi connectivity index (χ1v) is 13.0. The Hall–Kier alpha value is -3.04. The van der Waals surface area contributed by atoms with Crippen molar-refractivity contribution in [1.29, 1.82) is 0 Å². The van der Waals surface area contributed by atoms with Gasteiger partial charge in [0.25, 0.3) is 0 Å². The Kier molecular flexibility index (Phi) is 6.12. The first-order chi connectivity index (χ1) is 15.3. The molecule has 1 N–H and O–H groups in total. The van der Waals surface area contributed by atoms with Crippen molar-refractivity contribution in [3.8, 4) is 21.9 Å². The van der Waals surface area contributed by atoms with Gasteiger partial charge in [-0.15, -0.1) is 11.3 Å². The fourth-order valence-corrected chi connectivity index (χ4v) is 5.54. The smallest absolute Gasteiger partial charge is 0.327 e. The number of methoxy groups -OCH3 is 1. The Morgan fingerprint density at radius 3 is 2.59 bits per heavy atom. The van der Waals surface area contributed by atoms with Crippen LogP contribution in [0.4, 0.5) is 0 Å². The van der Waals surface area contributed by atoms with E-state index in [9.17, 15) is 13.2 Å². The van der Waals surface area contributed by atoms with Crippen molar-refractivity contribution in [1.82, 2.24) is 9.55 Å². The van der Waals surface area contributed by atoms with Crippen LogP contribution in [0.2, 0.25) is 0 Å². The zero-order chi connectivity index (χ0) is 22.9. The van der Waals surface area contributed by atoms with Gasteiger partial charge in [0.15, 0.2) is 11.5 Å². The van der Waals surface area contributed by atoms with Gasteiger partial charge in [0.05, 0.1) is 36.5 Å².